The van der Waals surface area contributed by atoms with Gasteiger partial charge in [-0.3, -0.25) is 5.01 Å². The Hall–Kier alpha value is -2.54. The minimum atomic E-state index is -4.36. The van der Waals surface area contributed by atoms with E-state index in [1.807, 2.05) is 6.08 Å². The molecule has 0 bridgehead atoms. The second-order valence-electron chi connectivity index (χ2n) is 6.13. The smallest absolute Gasteiger partial charge is 0.367 e. The van der Waals surface area contributed by atoms with E-state index in [4.69, 9.17) is 0 Å². The molecule has 26 heavy (non-hydrogen) atoms. The molecule has 1 atom stereocenters. The molecule has 0 aromatic heterocycles. The molecule has 0 amide bonds. The summed E-state index contributed by atoms with van der Waals surface area (Å²) in [6, 6.07) is 6.27. The summed E-state index contributed by atoms with van der Waals surface area (Å²) in [6.45, 7) is 0.314. The second kappa shape index (κ2) is 7.37. The van der Waals surface area contributed by atoms with Gasteiger partial charge < -0.3 is 5.32 Å². The first-order chi connectivity index (χ1) is 12.3. The monoisotopic (exact) mass is 365 g/mol. The summed E-state index contributed by atoms with van der Waals surface area (Å²) in [5.74, 6) is 0.458. The van der Waals surface area contributed by atoms with Crippen molar-refractivity contribution in [3.8, 4) is 0 Å². The molecular weight excluding hydrogens is 346 g/mol. The Bertz CT molecular complexity index is 790. The van der Waals surface area contributed by atoms with E-state index < -0.39 is 11.7 Å². The van der Waals surface area contributed by atoms with Gasteiger partial charge in [-0.15, -0.1) is 0 Å². The molecule has 3 rings (SSSR count). The van der Waals surface area contributed by atoms with Gasteiger partial charge in [0, 0.05) is 19.2 Å². The Morgan fingerprint density at radius 2 is 2.00 bits per heavy atom. The Morgan fingerprint density at radius 1 is 1.23 bits per heavy atom. The van der Waals surface area contributed by atoms with Crippen molar-refractivity contribution in [2.75, 3.05) is 7.05 Å². The fraction of sp³-hybridized carbons (Fsp3) is 0.263. The Labute approximate surface area is 149 Å². The number of benzene rings is 1. The van der Waals surface area contributed by atoms with Crippen LogP contribution in [0.2, 0.25) is 0 Å². The van der Waals surface area contributed by atoms with Gasteiger partial charge >= 0.3 is 6.18 Å². The number of nitrogens with one attached hydrogen (secondary N) is 2. The van der Waals surface area contributed by atoms with Crippen LogP contribution in [0.4, 0.5) is 17.6 Å². The van der Waals surface area contributed by atoms with Crippen molar-refractivity contribution >= 4 is 0 Å². The molecule has 0 fully saturated rings. The minimum Gasteiger partial charge on any atom is -0.367 e. The van der Waals surface area contributed by atoms with Crippen molar-refractivity contribution in [3.63, 3.8) is 0 Å². The molecule has 2 aliphatic rings. The summed E-state index contributed by atoms with van der Waals surface area (Å²) >= 11 is 0. The lowest BCUT2D eigenvalue weighted by atomic mass is 10.0. The van der Waals surface area contributed by atoms with Crippen LogP contribution in [0.15, 0.2) is 71.6 Å². The fourth-order valence-corrected chi connectivity index (χ4v) is 2.84. The number of halogens is 4. The molecule has 138 valence electrons. The largest absolute Gasteiger partial charge is 0.416 e. The highest BCUT2D eigenvalue weighted by atomic mass is 19.4. The number of hydrazine groups is 1. The van der Waals surface area contributed by atoms with Crippen LogP contribution in [0.25, 0.3) is 0 Å². The summed E-state index contributed by atoms with van der Waals surface area (Å²) in [5, 5.41) is 4.90. The van der Waals surface area contributed by atoms with Gasteiger partial charge in [0.25, 0.3) is 0 Å². The first-order valence-corrected chi connectivity index (χ1v) is 8.18. The van der Waals surface area contributed by atoms with E-state index in [9.17, 15) is 17.6 Å². The molecule has 1 aliphatic heterocycles. The number of hydrogen-bond donors (Lipinski definition) is 2. The molecule has 0 spiro atoms. The third kappa shape index (κ3) is 4.16. The molecule has 1 unspecified atom stereocenters. The zero-order valence-electron chi connectivity index (χ0n) is 14.1. The average Bonchev–Trinajstić information content (AvgIpc) is 2.80. The van der Waals surface area contributed by atoms with Crippen molar-refractivity contribution in [2.24, 2.45) is 0 Å². The summed E-state index contributed by atoms with van der Waals surface area (Å²) in [4.78, 5) is 0. The predicted octanol–water partition coefficient (Wildman–Crippen LogP) is 3.95. The lowest BCUT2D eigenvalue weighted by Crippen LogP contribution is -2.37. The molecule has 1 aliphatic carbocycles. The fourth-order valence-electron chi connectivity index (χ4n) is 2.84. The number of alkyl halides is 3. The molecule has 1 aromatic rings. The molecule has 7 heteroatoms. The van der Waals surface area contributed by atoms with Crippen LogP contribution in [0.3, 0.4) is 0 Å². The highest BCUT2D eigenvalue weighted by molar-refractivity contribution is 5.38. The molecule has 1 aromatic carbocycles. The first kappa shape index (κ1) is 18.3. The summed E-state index contributed by atoms with van der Waals surface area (Å²) < 4.78 is 52.2. The molecule has 2 N–H and O–H groups in total. The number of nitrogens with zero attached hydrogens (tertiary/aromatic N) is 1. The standard InChI is InChI=1S/C19H19F4N3/c1-26-18(24-12-14-5-2-3-8-16(14)20)11-17(25-26)13-6-4-7-15(10-9-13)19(21,22)23/h2-5,7-11,17,24-25H,6,12H2,1H3. The van der Waals surface area contributed by atoms with Crippen LogP contribution in [0.1, 0.15) is 12.0 Å². The van der Waals surface area contributed by atoms with E-state index in [1.54, 1.807) is 30.3 Å². The Kier molecular flexibility index (Phi) is 5.18. The van der Waals surface area contributed by atoms with Gasteiger partial charge in [0.05, 0.1) is 11.6 Å². The van der Waals surface area contributed by atoms with E-state index in [0.29, 0.717) is 18.5 Å². The molecule has 0 saturated carbocycles. The summed E-state index contributed by atoms with van der Waals surface area (Å²) in [6.07, 6.45) is 3.15. The second-order valence-corrected chi connectivity index (χ2v) is 6.13. The van der Waals surface area contributed by atoms with Crippen molar-refractivity contribution in [2.45, 2.75) is 25.2 Å². The lowest BCUT2D eigenvalue weighted by molar-refractivity contribution is -0.0881. The van der Waals surface area contributed by atoms with Gasteiger partial charge in [-0.25, -0.2) is 9.82 Å². The topological polar surface area (TPSA) is 27.3 Å². The quantitative estimate of drug-likeness (QED) is 0.792. The minimum absolute atomic E-state index is 0.225. The highest BCUT2D eigenvalue weighted by Crippen LogP contribution is 2.29. The van der Waals surface area contributed by atoms with Crippen LogP contribution in [0.5, 0.6) is 0 Å². The van der Waals surface area contributed by atoms with Gasteiger partial charge in [-0.1, -0.05) is 36.4 Å². The van der Waals surface area contributed by atoms with Gasteiger partial charge in [-0.2, -0.15) is 13.2 Å². The third-order valence-electron chi connectivity index (χ3n) is 4.29. The van der Waals surface area contributed by atoms with Crippen LogP contribution in [-0.4, -0.2) is 24.3 Å². The molecule has 1 heterocycles. The SMILES string of the molecule is CN1NC(C2=CC=C(C(F)(F)F)C=CC2)C=C1NCc1ccccc1F. The summed E-state index contributed by atoms with van der Waals surface area (Å²) in [5.41, 5.74) is 3.87. The van der Waals surface area contributed by atoms with Crippen LogP contribution < -0.4 is 10.7 Å². The molecular formula is C19H19F4N3. The maximum atomic E-state index is 13.7. The first-order valence-electron chi connectivity index (χ1n) is 8.18. The van der Waals surface area contributed by atoms with Crippen LogP contribution in [-0.2, 0) is 6.54 Å². The average molecular weight is 365 g/mol. The van der Waals surface area contributed by atoms with E-state index in [2.05, 4.69) is 10.7 Å². The Balaban J connectivity index is 1.71. The van der Waals surface area contributed by atoms with E-state index >= 15 is 0 Å². The maximum absolute atomic E-state index is 13.7. The van der Waals surface area contributed by atoms with Gasteiger partial charge in [0.1, 0.15) is 11.6 Å². The van der Waals surface area contributed by atoms with Crippen molar-refractivity contribution in [1.29, 1.82) is 0 Å². The predicted molar refractivity (Wildman–Crippen MR) is 92.0 cm³/mol. The van der Waals surface area contributed by atoms with Crippen molar-refractivity contribution in [3.05, 3.63) is 83.0 Å². The zero-order chi connectivity index (χ0) is 18.7. The summed E-state index contributed by atoms with van der Waals surface area (Å²) in [7, 11) is 1.80. The number of allylic oxidation sites excluding steroid dienone is 5. The molecule has 3 nitrogen and oxygen atoms in total. The van der Waals surface area contributed by atoms with E-state index in [0.717, 1.165) is 23.5 Å². The zero-order valence-corrected chi connectivity index (χ0v) is 14.1. The molecule has 0 radical (unpaired) electrons. The molecule has 0 saturated heterocycles. The van der Waals surface area contributed by atoms with Crippen LogP contribution in [0, 0.1) is 5.82 Å². The number of rotatable bonds is 4. The van der Waals surface area contributed by atoms with E-state index in [-0.39, 0.29) is 11.9 Å². The Morgan fingerprint density at radius 3 is 2.73 bits per heavy atom. The van der Waals surface area contributed by atoms with Gasteiger partial charge in [0.15, 0.2) is 0 Å². The maximum Gasteiger partial charge on any atom is 0.416 e. The van der Waals surface area contributed by atoms with Gasteiger partial charge in [0.2, 0.25) is 0 Å². The van der Waals surface area contributed by atoms with Crippen molar-refractivity contribution in [1.82, 2.24) is 15.8 Å². The van der Waals surface area contributed by atoms with Gasteiger partial charge in [-0.05, 0) is 30.2 Å². The number of hydrogen-bond acceptors (Lipinski definition) is 3. The highest BCUT2D eigenvalue weighted by Gasteiger charge is 2.32. The van der Waals surface area contributed by atoms with Crippen molar-refractivity contribution < 1.29 is 17.6 Å². The van der Waals surface area contributed by atoms with Crippen LogP contribution >= 0.6 is 0 Å². The van der Waals surface area contributed by atoms with E-state index in [1.165, 1.54) is 18.2 Å². The lowest BCUT2D eigenvalue weighted by Gasteiger charge is -2.20. The normalized spacial score (nSPS) is 20.4. The third-order valence-corrected chi connectivity index (χ3v) is 4.29.